The molecule has 0 spiro atoms. The Hall–Kier alpha value is -1.87. The fourth-order valence-electron chi connectivity index (χ4n) is 2.17. The van der Waals surface area contributed by atoms with Gasteiger partial charge in [0.25, 0.3) is 5.91 Å². The lowest BCUT2D eigenvalue weighted by atomic mass is 10.1. The molecule has 1 unspecified atom stereocenters. The third-order valence-corrected chi connectivity index (χ3v) is 5.65. The molecule has 8 nitrogen and oxygen atoms in total. The second-order valence-corrected chi connectivity index (χ2v) is 7.98. The SMILES string of the molecule is Cc1oc(C(=O)NC(CC2CC2)C(=O)O)cc1S(=O)(=O)N(C)C. The van der Waals surface area contributed by atoms with E-state index in [2.05, 4.69) is 5.32 Å². The number of amides is 1. The minimum Gasteiger partial charge on any atom is -0.480 e. The van der Waals surface area contributed by atoms with E-state index in [4.69, 9.17) is 9.52 Å². The van der Waals surface area contributed by atoms with E-state index in [1.807, 2.05) is 0 Å². The normalized spacial score (nSPS) is 16.3. The van der Waals surface area contributed by atoms with E-state index in [1.54, 1.807) is 0 Å². The van der Waals surface area contributed by atoms with E-state index in [9.17, 15) is 18.0 Å². The van der Waals surface area contributed by atoms with Crippen molar-refractivity contribution in [2.45, 2.75) is 37.1 Å². The van der Waals surface area contributed by atoms with E-state index in [0.29, 0.717) is 12.3 Å². The topological polar surface area (TPSA) is 117 Å². The van der Waals surface area contributed by atoms with Gasteiger partial charge < -0.3 is 14.8 Å². The number of sulfonamides is 1. The summed E-state index contributed by atoms with van der Waals surface area (Å²) in [5.41, 5.74) is 0. The third kappa shape index (κ3) is 3.91. The summed E-state index contributed by atoms with van der Waals surface area (Å²) in [4.78, 5) is 23.2. The molecule has 1 aliphatic rings. The van der Waals surface area contributed by atoms with Gasteiger partial charge in [0.1, 0.15) is 16.7 Å². The molecule has 1 saturated carbocycles. The number of nitrogens with one attached hydrogen (secondary N) is 1. The van der Waals surface area contributed by atoms with Crippen LogP contribution in [-0.4, -0.2) is 49.8 Å². The zero-order chi connectivity index (χ0) is 17.4. The van der Waals surface area contributed by atoms with Crippen molar-refractivity contribution in [1.82, 2.24) is 9.62 Å². The number of aryl methyl sites for hydroxylation is 1. The van der Waals surface area contributed by atoms with Gasteiger partial charge in [0.05, 0.1) is 0 Å². The van der Waals surface area contributed by atoms with Crippen molar-refractivity contribution < 1.29 is 27.5 Å². The Morgan fingerprint density at radius 3 is 2.52 bits per heavy atom. The Balaban J connectivity index is 2.18. The molecule has 1 heterocycles. The molecule has 128 valence electrons. The van der Waals surface area contributed by atoms with Gasteiger partial charge in [0.2, 0.25) is 10.0 Å². The van der Waals surface area contributed by atoms with E-state index in [1.165, 1.54) is 21.0 Å². The summed E-state index contributed by atoms with van der Waals surface area (Å²) in [6.07, 6.45) is 2.29. The Morgan fingerprint density at radius 2 is 2.04 bits per heavy atom. The van der Waals surface area contributed by atoms with Crippen molar-refractivity contribution in [3.8, 4) is 0 Å². The molecule has 1 aliphatic carbocycles. The van der Waals surface area contributed by atoms with Crippen LogP contribution in [0.2, 0.25) is 0 Å². The highest BCUT2D eigenvalue weighted by Gasteiger charge is 2.32. The van der Waals surface area contributed by atoms with Gasteiger partial charge in [-0.3, -0.25) is 4.79 Å². The molecule has 0 aliphatic heterocycles. The lowest BCUT2D eigenvalue weighted by molar-refractivity contribution is -0.139. The van der Waals surface area contributed by atoms with Crippen molar-refractivity contribution in [3.05, 3.63) is 17.6 Å². The minimum atomic E-state index is -3.73. The van der Waals surface area contributed by atoms with Gasteiger partial charge >= 0.3 is 5.97 Å². The predicted molar refractivity (Wildman–Crippen MR) is 80.5 cm³/mol. The van der Waals surface area contributed by atoms with Crippen LogP contribution in [0.25, 0.3) is 0 Å². The van der Waals surface area contributed by atoms with E-state index in [0.717, 1.165) is 23.2 Å². The van der Waals surface area contributed by atoms with Crippen LogP contribution in [0, 0.1) is 12.8 Å². The average molecular weight is 344 g/mol. The van der Waals surface area contributed by atoms with Crippen LogP contribution in [-0.2, 0) is 14.8 Å². The van der Waals surface area contributed by atoms with Crippen molar-refractivity contribution in [2.24, 2.45) is 5.92 Å². The van der Waals surface area contributed by atoms with Crippen LogP contribution in [0.15, 0.2) is 15.4 Å². The standard InChI is InChI=1S/C14H20N2O6S/c1-8-12(23(20,21)16(2)3)7-11(22-8)13(17)15-10(14(18)19)6-9-4-5-9/h7,9-10H,4-6H2,1-3H3,(H,15,17)(H,18,19). The second-order valence-electron chi connectivity index (χ2n) is 5.86. The molecular weight excluding hydrogens is 324 g/mol. The molecule has 1 fully saturated rings. The van der Waals surface area contributed by atoms with Gasteiger partial charge in [-0.1, -0.05) is 12.8 Å². The monoisotopic (exact) mass is 344 g/mol. The highest BCUT2D eigenvalue weighted by atomic mass is 32.2. The summed E-state index contributed by atoms with van der Waals surface area (Å²) in [6.45, 7) is 1.44. The maximum Gasteiger partial charge on any atom is 0.326 e. The van der Waals surface area contributed by atoms with Crippen LogP contribution in [0.3, 0.4) is 0 Å². The first kappa shape index (κ1) is 17.5. The Kier molecular flexibility index (Phi) is 4.81. The minimum absolute atomic E-state index is 0.0814. The van der Waals surface area contributed by atoms with Gasteiger partial charge in [-0.05, 0) is 19.3 Å². The maximum atomic E-state index is 12.1. The summed E-state index contributed by atoms with van der Waals surface area (Å²) in [5, 5.41) is 11.5. The Labute approximate surface area is 134 Å². The lowest BCUT2D eigenvalue weighted by Gasteiger charge is -2.12. The maximum absolute atomic E-state index is 12.1. The van der Waals surface area contributed by atoms with Gasteiger partial charge in [-0.25, -0.2) is 17.5 Å². The van der Waals surface area contributed by atoms with Crippen molar-refractivity contribution in [1.29, 1.82) is 0 Å². The summed E-state index contributed by atoms with van der Waals surface area (Å²) in [7, 11) is -0.986. The number of aliphatic carboxylic acids is 1. The molecule has 1 aromatic rings. The number of hydrogen-bond donors (Lipinski definition) is 2. The number of carboxylic acids is 1. The fraction of sp³-hybridized carbons (Fsp3) is 0.571. The van der Waals surface area contributed by atoms with Crippen LogP contribution in [0.4, 0.5) is 0 Å². The molecule has 0 bridgehead atoms. The molecule has 9 heteroatoms. The summed E-state index contributed by atoms with van der Waals surface area (Å²) in [6, 6.07) is 0.116. The van der Waals surface area contributed by atoms with E-state index < -0.39 is 27.9 Å². The zero-order valence-corrected chi connectivity index (χ0v) is 14.0. The quantitative estimate of drug-likeness (QED) is 0.756. The highest BCUT2D eigenvalue weighted by molar-refractivity contribution is 7.89. The molecule has 2 N–H and O–H groups in total. The number of rotatable bonds is 7. The van der Waals surface area contributed by atoms with Crippen molar-refractivity contribution in [2.75, 3.05) is 14.1 Å². The predicted octanol–water partition coefficient (Wildman–Crippen LogP) is 0.821. The summed E-state index contributed by atoms with van der Waals surface area (Å²) in [5.74, 6) is -1.67. The molecular formula is C14H20N2O6S. The molecule has 23 heavy (non-hydrogen) atoms. The zero-order valence-electron chi connectivity index (χ0n) is 13.2. The summed E-state index contributed by atoms with van der Waals surface area (Å²) < 4.78 is 30.4. The number of nitrogens with zero attached hydrogens (tertiary/aromatic N) is 1. The fourth-order valence-corrected chi connectivity index (χ4v) is 3.22. The Bertz CT molecular complexity index is 718. The van der Waals surface area contributed by atoms with Crippen molar-refractivity contribution >= 4 is 21.9 Å². The highest BCUT2D eigenvalue weighted by Crippen LogP contribution is 2.33. The number of hydrogen-bond acceptors (Lipinski definition) is 5. The van der Waals surface area contributed by atoms with E-state index >= 15 is 0 Å². The third-order valence-electron chi connectivity index (χ3n) is 3.72. The first-order valence-electron chi connectivity index (χ1n) is 7.19. The number of carboxylic acid groups (broad SMARTS) is 1. The average Bonchev–Trinajstić information content (AvgIpc) is 3.17. The molecule has 1 amide bonds. The second kappa shape index (κ2) is 6.32. The van der Waals surface area contributed by atoms with Gasteiger partial charge in [-0.2, -0.15) is 0 Å². The Morgan fingerprint density at radius 1 is 1.43 bits per heavy atom. The van der Waals surface area contributed by atoms with Gasteiger partial charge in [0.15, 0.2) is 5.76 Å². The van der Waals surface area contributed by atoms with Crippen LogP contribution >= 0.6 is 0 Å². The number of carbonyl (C=O) groups excluding carboxylic acids is 1. The molecule has 0 radical (unpaired) electrons. The molecule has 0 aromatic carbocycles. The first-order chi connectivity index (χ1) is 10.6. The lowest BCUT2D eigenvalue weighted by Crippen LogP contribution is -2.41. The molecule has 2 rings (SSSR count). The largest absolute Gasteiger partial charge is 0.480 e. The number of furan rings is 1. The molecule has 1 aromatic heterocycles. The van der Waals surface area contributed by atoms with Crippen LogP contribution < -0.4 is 5.32 Å². The van der Waals surface area contributed by atoms with Gasteiger partial charge in [0, 0.05) is 20.2 Å². The number of carbonyl (C=O) groups is 2. The van der Waals surface area contributed by atoms with E-state index in [-0.39, 0.29) is 16.4 Å². The van der Waals surface area contributed by atoms with Crippen molar-refractivity contribution in [3.63, 3.8) is 0 Å². The molecule has 0 saturated heterocycles. The van der Waals surface area contributed by atoms with Gasteiger partial charge in [-0.15, -0.1) is 0 Å². The first-order valence-corrected chi connectivity index (χ1v) is 8.63. The van der Waals surface area contributed by atoms with Crippen LogP contribution in [0.1, 0.15) is 35.6 Å². The molecule has 1 atom stereocenters. The van der Waals surface area contributed by atoms with Crippen LogP contribution in [0.5, 0.6) is 0 Å². The summed E-state index contributed by atoms with van der Waals surface area (Å²) >= 11 is 0. The smallest absolute Gasteiger partial charge is 0.326 e.